The largest absolute Gasteiger partial charge is 0.481 e. The van der Waals surface area contributed by atoms with E-state index < -0.39 is 5.97 Å². The molecule has 0 saturated carbocycles. The van der Waals surface area contributed by atoms with E-state index in [9.17, 15) is 9.59 Å². The van der Waals surface area contributed by atoms with Crippen LogP contribution in [0.4, 0.5) is 0 Å². The van der Waals surface area contributed by atoms with Crippen molar-refractivity contribution in [3.05, 3.63) is 0 Å². The van der Waals surface area contributed by atoms with Gasteiger partial charge in [0.25, 0.3) is 0 Å². The molecule has 13 heavy (non-hydrogen) atoms. The molecule has 1 unspecified atom stereocenters. The maximum atomic E-state index is 11.3. The number of hydrogen-bond acceptors (Lipinski definition) is 3. The molecule has 0 bridgehead atoms. The fourth-order valence-electron chi connectivity index (χ4n) is 1.55. The molecule has 1 fully saturated rings. The number of nitrogens with two attached hydrogens (primary N) is 1. The van der Waals surface area contributed by atoms with E-state index in [0.717, 1.165) is 0 Å². The van der Waals surface area contributed by atoms with Gasteiger partial charge in [-0.25, -0.2) is 0 Å². The molecule has 0 radical (unpaired) electrons. The predicted octanol–water partition coefficient (Wildman–Crippen LogP) is -0.591. The lowest BCUT2D eigenvalue weighted by atomic mass is 10.2. The molecule has 5 heteroatoms. The lowest BCUT2D eigenvalue weighted by Gasteiger charge is -2.22. The van der Waals surface area contributed by atoms with Gasteiger partial charge in [-0.2, -0.15) is 0 Å². The van der Waals surface area contributed by atoms with E-state index >= 15 is 0 Å². The van der Waals surface area contributed by atoms with Gasteiger partial charge in [-0.15, -0.1) is 0 Å². The van der Waals surface area contributed by atoms with Gasteiger partial charge >= 0.3 is 5.97 Å². The third-order valence-electron chi connectivity index (χ3n) is 2.19. The first kappa shape index (κ1) is 9.98. The monoisotopic (exact) mass is 186 g/mol. The Morgan fingerprint density at radius 2 is 2.46 bits per heavy atom. The van der Waals surface area contributed by atoms with Crippen molar-refractivity contribution < 1.29 is 14.7 Å². The Labute approximate surface area is 76.5 Å². The van der Waals surface area contributed by atoms with Gasteiger partial charge in [0.1, 0.15) is 0 Å². The van der Waals surface area contributed by atoms with E-state index in [4.69, 9.17) is 10.8 Å². The van der Waals surface area contributed by atoms with Crippen molar-refractivity contribution in [1.82, 2.24) is 4.90 Å². The molecule has 0 spiro atoms. The summed E-state index contributed by atoms with van der Waals surface area (Å²) >= 11 is 0. The average Bonchev–Trinajstić information content (AvgIpc) is 2.28. The topological polar surface area (TPSA) is 83.6 Å². The lowest BCUT2D eigenvalue weighted by molar-refractivity contribution is -0.139. The minimum atomic E-state index is -0.888. The number of carboxylic acid groups (broad SMARTS) is 1. The number of carbonyl (C=O) groups excluding carboxylic acids is 1. The van der Waals surface area contributed by atoms with E-state index in [1.165, 1.54) is 0 Å². The summed E-state index contributed by atoms with van der Waals surface area (Å²) in [7, 11) is 0. The molecule has 74 valence electrons. The quantitative estimate of drug-likeness (QED) is 0.617. The molecule has 3 N–H and O–H groups in total. The minimum Gasteiger partial charge on any atom is -0.481 e. The number of nitrogens with zero attached hydrogens (tertiary/aromatic N) is 1. The van der Waals surface area contributed by atoms with Gasteiger partial charge in [-0.05, 0) is 6.92 Å². The number of hydrogen-bond donors (Lipinski definition) is 2. The summed E-state index contributed by atoms with van der Waals surface area (Å²) in [5.41, 5.74) is 5.57. The van der Waals surface area contributed by atoms with Gasteiger partial charge in [-0.1, -0.05) is 0 Å². The van der Waals surface area contributed by atoms with Crippen molar-refractivity contribution >= 4 is 11.9 Å². The van der Waals surface area contributed by atoms with Crippen molar-refractivity contribution in [2.24, 2.45) is 5.73 Å². The summed E-state index contributed by atoms with van der Waals surface area (Å²) in [6, 6.07) is -0.387. The molecule has 1 rings (SSSR count). The Morgan fingerprint density at radius 1 is 1.85 bits per heavy atom. The smallest absolute Gasteiger partial charge is 0.305 e. The van der Waals surface area contributed by atoms with Gasteiger partial charge in [-0.3, -0.25) is 9.59 Å². The van der Waals surface area contributed by atoms with Crippen LogP contribution < -0.4 is 5.73 Å². The molecule has 1 heterocycles. The highest BCUT2D eigenvalue weighted by Crippen LogP contribution is 2.14. The van der Waals surface area contributed by atoms with Crippen LogP contribution in [-0.2, 0) is 9.59 Å². The Morgan fingerprint density at radius 3 is 2.85 bits per heavy atom. The highest BCUT2D eigenvalue weighted by atomic mass is 16.4. The van der Waals surface area contributed by atoms with Crippen LogP contribution in [-0.4, -0.2) is 40.5 Å². The first-order chi connectivity index (χ1) is 6.00. The highest BCUT2D eigenvalue weighted by molar-refractivity contribution is 5.80. The van der Waals surface area contributed by atoms with Gasteiger partial charge in [0.15, 0.2) is 0 Å². The van der Waals surface area contributed by atoms with Crippen LogP contribution in [0, 0.1) is 0 Å². The van der Waals surface area contributed by atoms with Crippen molar-refractivity contribution in [3.8, 4) is 0 Å². The molecule has 1 saturated heterocycles. The summed E-state index contributed by atoms with van der Waals surface area (Å²) < 4.78 is 0. The van der Waals surface area contributed by atoms with Crippen molar-refractivity contribution in [1.29, 1.82) is 0 Å². The molecule has 1 amide bonds. The van der Waals surface area contributed by atoms with Gasteiger partial charge in [0.2, 0.25) is 5.91 Å². The van der Waals surface area contributed by atoms with E-state index in [1.807, 2.05) is 0 Å². The van der Waals surface area contributed by atoms with E-state index in [-0.39, 0.29) is 24.4 Å². The average molecular weight is 186 g/mol. The molecule has 0 aromatic carbocycles. The third kappa shape index (κ3) is 2.42. The fraction of sp³-hybridized carbons (Fsp3) is 0.750. The summed E-state index contributed by atoms with van der Waals surface area (Å²) in [5, 5.41) is 8.53. The zero-order valence-corrected chi connectivity index (χ0v) is 7.56. The molecular formula is C8H14N2O3. The number of carbonyl (C=O) groups is 2. The van der Waals surface area contributed by atoms with Crippen LogP contribution in [0.25, 0.3) is 0 Å². The highest BCUT2D eigenvalue weighted by Gasteiger charge is 2.31. The Balaban J connectivity index is 2.51. The maximum Gasteiger partial charge on any atom is 0.305 e. The first-order valence-electron chi connectivity index (χ1n) is 4.27. The SMILES string of the molecule is C[C@H](CC(=O)O)N1CC(N)CC1=O. The lowest BCUT2D eigenvalue weighted by Crippen LogP contribution is -2.37. The molecule has 0 aliphatic carbocycles. The number of rotatable bonds is 3. The standard InChI is InChI=1S/C8H14N2O3/c1-5(2-8(12)13)10-4-6(9)3-7(10)11/h5-6H,2-4,9H2,1H3,(H,12,13)/t5-,6?/m1/s1. The number of carboxylic acids is 1. The number of aliphatic carboxylic acids is 1. The molecule has 1 aliphatic heterocycles. The molecular weight excluding hydrogens is 172 g/mol. The number of likely N-dealkylation sites (tertiary alicyclic amines) is 1. The zero-order valence-electron chi connectivity index (χ0n) is 7.56. The first-order valence-corrected chi connectivity index (χ1v) is 4.27. The predicted molar refractivity (Wildman–Crippen MR) is 46.0 cm³/mol. The normalized spacial score (nSPS) is 24.9. The minimum absolute atomic E-state index is 0.0154. The fourth-order valence-corrected chi connectivity index (χ4v) is 1.55. The summed E-state index contributed by atoms with van der Waals surface area (Å²) in [4.78, 5) is 23.2. The van der Waals surface area contributed by atoms with Gasteiger partial charge < -0.3 is 15.7 Å². The van der Waals surface area contributed by atoms with Crippen LogP contribution in [0.3, 0.4) is 0 Å². The molecule has 2 atom stereocenters. The van der Waals surface area contributed by atoms with Crippen molar-refractivity contribution in [2.75, 3.05) is 6.54 Å². The van der Waals surface area contributed by atoms with E-state index in [0.29, 0.717) is 13.0 Å². The molecule has 0 aromatic rings. The second-order valence-electron chi connectivity index (χ2n) is 3.46. The number of amides is 1. The van der Waals surface area contributed by atoms with Crippen LogP contribution in [0.2, 0.25) is 0 Å². The van der Waals surface area contributed by atoms with Crippen molar-refractivity contribution in [2.45, 2.75) is 31.8 Å². The van der Waals surface area contributed by atoms with Gasteiger partial charge in [0.05, 0.1) is 6.42 Å². The van der Waals surface area contributed by atoms with E-state index in [1.54, 1.807) is 11.8 Å². The van der Waals surface area contributed by atoms with Gasteiger partial charge in [0, 0.05) is 25.0 Å². The Kier molecular flexibility index (Phi) is 2.87. The van der Waals surface area contributed by atoms with Crippen LogP contribution in [0.1, 0.15) is 19.8 Å². The second kappa shape index (κ2) is 3.74. The van der Waals surface area contributed by atoms with Crippen LogP contribution in [0.15, 0.2) is 0 Å². The maximum absolute atomic E-state index is 11.3. The van der Waals surface area contributed by atoms with Crippen LogP contribution >= 0.6 is 0 Å². The summed E-state index contributed by atoms with van der Waals surface area (Å²) in [6.45, 7) is 2.21. The van der Waals surface area contributed by atoms with Crippen LogP contribution in [0.5, 0.6) is 0 Å². The molecule has 5 nitrogen and oxygen atoms in total. The Bertz CT molecular complexity index is 229. The summed E-state index contributed by atoms with van der Waals surface area (Å²) in [6.07, 6.45) is 0.322. The molecule has 0 aromatic heterocycles. The van der Waals surface area contributed by atoms with E-state index in [2.05, 4.69) is 0 Å². The zero-order chi connectivity index (χ0) is 10.0. The van der Waals surface area contributed by atoms with Crippen molar-refractivity contribution in [3.63, 3.8) is 0 Å². The summed E-state index contributed by atoms with van der Waals surface area (Å²) in [5.74, 6) is -0.929. The molecule has 1 aliphatic rings. The second-order valence-corrected chi connectivity index (χ2v) is 3.46. The Hall–Kier alpha value is -1.10. The third-order valence-corrected chi connectivity index (χ3v) is 2.19.